The number of aromatic hydroxyl groups is 1. The second-order valence-corrected chi connectivity index (χ2v) is 4.11. The fraction of sp³-hybridized carbons (Fsp3) is 0.385. The van der Waals surface area contributed by atoms with Crippen LogP contribution in [0.15, 0.2) is 24.3 Å². The first-order chi connectivity index (χ1) is 8.95. The molecule has 0 heterocycles. The summed E-state index contributed by atoms with van der Waals surface area (Å²) in [4.78, 5) is 25.5. The van der Waals surface area contributed by atoms with Crippen molar-refractivity contribution in [3.8, 4) is 5.75 Å². The number of benzene rings is 1. The number of nitrogens with zero attached hydrogens (tertiary/aromatic N) is 2. The van der Waals surface area contributed by atoms with E-state index < -0.39 is 5.97 Å². The Labute approximate surface area is 111 Å². The highest BCUT2D eigenvalue weighted by Crippen LogP contribution is 2.20. The zero-order valence-electron chi connectivity index (χ0n) is 11.0. The van der Waals surface area contributed by atoms with Crippen LogP contribution < -0.4 is 4.90 Å². The van der Waals surface area contributed by atoms with Crippen molar-refractivity contribution in [3.05, 3.63) is 24.3 Å². The molecule has 0 aromatic heterocycles. The summed E-state index contributed by atoms with van der Waals surface area (Å²) in [6.07, 6.45) is -0.0974. The van der Waals surface area contributed by atoms with Crippen LogP contribution in [-0.2, 0) is 4.79 Å². The molecular weight excluding hydrogens is 248 g/mol. The third-order valence-corrected chi connectivity index (χ3v) is 2.68. The fourth-order valence-electron chi connectivity index (χ4n) is 1.65. The lowest BCUT2D eigenvalue weighted by Gasteiger charge is -2.27. The molecule has 2 amide bonds. The molecule has 0 aliphatic carbocycles. The number of phenolic OH excluding ortho intramolecular Hbond substituents is 1. The number of phenols is 1. The van der Waals surface area contributed by atoms with E-state index in [-0.39, 0.29) is 24.7 Å². The van der Waals surface area contributed by atoms with E-state index in [1.165, 1.54) is 21.9 Å². The minimum atomic E-state index is -0.944. The van der Waals surface area contributed by atoms with E-state index in [9.17, 15) is 14.7 Å². The summed E-state index contributed by atoms with van der Waals surface area (Å²) in [5.41, 5.74) is 0.578. The molecule has 104 valence electrons. The second kappa shape index (κ2) is 6.63. The van der Waals surface area contributed by atoms with Gasteiger partial charge in [0.15, 0.2) is 0 Å². The summed E-state index contributed by atoms with van der Waals surface area (Å²) in [6.45, 7) is 2.39. The minimum absolute atomic E-state index is 0.0805. The molecule has 2 N–H and O–H groups in total. The second-order valence-electron chi connectivity index (χ2n) is 4.11. The highest BCUT2D eigenvalue weighted by atomic mass is 16.4. The van der Waals surface area contributed by atoms with Gasteiger partial charge in [0, 0.05) is 31.9 Å². The fourth-order valence-corrected chi connectivity index (χ4v) is 1.65. The van der Waals surface area contributed by atoms with Crippen molar-refractivity contribution in [3.63, 3.8) is 0 Å². The number of carboxylic acid groups (broad SMARTS) is 1. The van der Waals surface area contributed by atoms with E-state index in [1.807, 2.05) is 6.92 Å². The topological polar surface area (TPSA) is 81.1 Å². The van der Waals surface area contributed by atoms with Crippen LogP contribution in [0.4, 0.5) is 10.5 Å². The van der Waals surface area contributed by atoms with Gasteiger partial charge in [0.05, 0.1) is 6.42 Å². The molecule has 6 nitrogen and oxygen atoms in total. The van der Waals surface area contributed by atoms with Crippen molar-refractivity contribution in [2.75, 3.05) is 25.0 Å². The standard InChI is InChI=1S/C13H18N2O4/c1-3-15(10-5-4-6-11(16)9-10)13(19)14(2)8-7-12(17)18/h4-6,9,16H,3,7-8H2,1-2H3,(H,17,18). The first-order valence-electron chi connectivity index (χ1n) is 5.99. The molecule has 0 spiro atoms. The quantitative estimate of drug-likeness (QED) is 0.850. The summed E-state index contributed by atoms with van der Waals surface area (Å²) in [6, 6.07) is 6.08. The molecule has 6 heteroatoms. The summed E-state index contributed by atoms with van der Waals surface area (Å²) in [7, 11) is 1.55. The Morgan fingerprint density at radius 3 is 2.53 bits per heavy atom. The van der Waals surface area contributed by atoms with Gasteiger partial charge in [-0.3, -0.25) is 9.69 Å². The number of hydrogen-bond donors (Lipinski definition) is 2. The van der Waals surface area contributed by atoms with Crippen LogP contribution in [0, 0.1) is 0 Å². The molecule has 0 saturated heterocycles. The van der Waals surface area contributed by atoms with E-state index in [0.717, 1.165) is 0 Å². The van der Waals surface area contributed by atoms with Crippen LogP contribution >= 0.6 is 0 Å². The number of amides is 2. The predicted molar refractivity (Wildman–Crippen MR) is 71.4 cm³/mol. The predicted octanol–water partition coefficient (Wildman–Crippen LogP) is 1.75. The monoisotopic (exact) mass is 266 g/mol. The zero-order chi connectivity index (χ0) is 14.4. The molecule has 1 aromatic carbocycles. The number of carbonyl (C=O) groups is 2. The summed E-state index contributed by atoms with van der Waals surface area (Å²) in [5.74, 6) is -0.864. The van der Waals surface area contributed by atoms with Crippen LogP contribution in [0.5, 0.6) is 5.75 Å². The number of carboxylic acids is 1. The van der Waals surface area contributed by atoms with Crippen molar-refractivity contribution in [2.45, 2.75) is 13.3 Å². The van der Waals surface area contributed by atoms with Gasteiger partial charge in [0.25, 0.3) is 0 Å². The normalized spacial score (nSPS) is 10.0. The lowest BCUT2D eigenvalue weighted by atomic mass is 10.2. The first-order valence-corrected chi connectivity index (χ1v) is 5.99. The van der Waals surface area contributed by atoms with E-state index in [4.69, 9.17) is 5.11 Å². The van der Waals surface area contributed by atoms with Gasteiger partial charge in [-0.2, -0.15) is 0 Å². The third-order valence-electron chi connectivity index (χ3n) is 2.68. The van der Waals surface area contributed by atoms with Crippen molar-refractivity contribution in [2.24, 2.45) is 0 Å². The van der Waals surface area contributed by atoms with Crippen LogP contribution in [0.3, 0.4) is 0 Å². The molecule has 0 fully saturated rings. The largest absolute Gasteiger partial charge is 0.508 e. The number of hydrogen-bond acceptors (Lipinski definition) is 3. The SMILES string of the molecule is CCN(C(=O)N(C)CCC(=O)O)c1cccc(O)c1. The summed E-state index contributed by atoms with van der Waals surface area (Å²) < 4.78 is 0. The molecule has 0 aliphatic rings. The smallest absolute Gasteiger partial charge is 0.324 e. The van der Waals surface area contributed by atoms with Crippen molar-refractivity contribution in [1.82, 2.24) is 4.90 Å². The molecule has 0 atom stereocenters. The van der Waals surface area contributed by atoms with Gasteiger partial charge in [0.1, 0.15) is 5.75 Å². The molecule has 0 radical (unpaired) electrons. The first kappa shape index (κ1) is 14.8. The summed E-state index contributed by atoms with van der Waals surface area (Å²) in [5, 5.41) is 18.0. The van der Waals surface area contributed by atoms with Gasteiger partial charge >= 0.3 is 12.0 Å². The van der Waals surface area contributed by atoms with Gasteiger partial charge in [-0.1, -0.05) is 6.07 Å². The molecule has 19 heavy (non-hydrogen) atoms. The molecule has 0 bridgehead atoms. The average Bonchev–Trinajstić information content (AvgIpc) is 2.36. The number of carbonyl (C=O) groups excluding carboxylic acids is 1. The molecule has 0 aliphatic heterocycles. The average molecular weight is 266 g/mol. The van der Waals surface area contributed by atoms with Crippen molar-refractivity contribution >= 4 is 17.7 Å². The molecule has 1 aromatic rings. The van der Waals surface area contributed by atoms with Gasteiger partial charge in [-0.25, -0.2) is 4.79 Å². The van der Waals surface area contributed by atoms with Gasteiger partial charge in [-0.15, -0.1) is 0 Å². The van der Waals surface area contributed by atoms with E-state index in [2.05, 4.69) is 0 Å². The van der Waals surface area contributed by atoms with Crippen LogP contribution in [0.25, 0.3) is 0 Å². The molecule has 0 unspecified atom stereocenters. The van der Waals surface area contributed by atoms with Crippen LogP contribution in [0.2, 0.25) is 0 Å². The number of anilines is 1. The molecular formula is C13H18N2O4. The number of rotatable bonds is 5. The maximum absolute atomic E-state index is 12.2. The van der Waals surface area contributed by atoms with E-state index in [1.54, 1.807) is 19.2 Å². The highest BCUT2D eigenvalue weighted by molar-refractivity contribution is 5.92. The van der Waals surface area contributed by atoms with Crippen molar-refractivity contribution in [1.29, 1.82) is 0 Å². The highest BCUT2D eigenvalue weighted by Gasteiger charge is 2.18. The Bertz CT molecular complexity index is 462. The Hall–Kier alpha value is -2.24. The minimum Gasteiger partial charge on any atom is -0.508 e. The lowest BCUT2D eigenvalue weighted by Crippen LogP contribution is -2.42. The Kier molecular flexibility index (Phi) is 5.17. The van der Waals surface area contributed by atoms with Crippen LogP contribution in [-0.4, -0.2) is 47.3 Å². The number of aliphatic carboxylic acids is 1. The summed E-state index contributed by atoms with van der Waals surface area (Å²) >= 11 is 0. The lowest BCUT2D eigenvalue weighted by molar-refractivity contribution is -0.137. The maximum Gasteiger partial charge on any atom is 0.324 e. The van der Waals surface area contributed by atoms with E-state index in [0.29, 0.717) is 12.2 Å². The molecule has 1 rings (SSSR count). The Morgan fingerprint density at radius 2 is 2.00 bits per heavy atom. The van der Waals surface area contributed by atoms with Gasteiger partial charge in [0.2, 0.25) is 0 Å². The van der Waals surface area contributed by atoms with Gasteiger partial charge < -0.3 is 15.1 Å². The molecule has 0 saturated carbocycles. The zero-order valence-corrected chi connectivity index (χ0v) is 11.0. The van der Waals surface area contributed by atoms with Crippen molar-refractivity contribution < 1.29 is 19.8 Å². The maximum atomic E-state index is 12.2. The van der Waals surface area contributed by atoms with Gasteiger partial charge in [-0.05, 0) is 19.1 Å². The Morgan fingerprint density at radius 1 is 1.32 bits per heavy atom. The Balaban J connectivity index is 2.79. The van der Waals surface area contributed by atoms with E-state index >= 15 is 0 Å². The number of urea groups is 1. The van der Waals surface area contributed by atoms with Crippen LogP contribution in [0.1, 0.15) is 13.3 Å². The third kappa shape index (κ3) is 4.17.